The Morgan fingerprint density at radius 2 is 1.92 bits per heavy atom. The summed E-state index contributed by atoms with van der Waals surface area (Å²) in [6, 6.07) is 4.72. The van der Waals surface area contributed by atoms with Gasteiger partial charge < -0.3 is 10.6 Å². The van der Waals surface area contributed by atoms with Crippen LogP contribution in [0.2, 0.25) is 0 Å². The molecule has 2 aliphatic heterocycles. The van der Waals surface area contributed by atoms with Crippen LogP contribution in [0.3, 0.4) is 0 Å². The highest BCUT2D eigenvalue weighted by atomic mass is 16.2. The largest absolute Gasteiger partial charge is 0.336 e. The summed E-state index contributed by atoms with van der Waals surface area (Å²) in [5, 5.41) is 5.24. The number of rotatable bonds is 3. The van der Waals surface area contributed by atoms with E-state index in [0.29, 0.717) is 12.1 Å². The van der Waals surface area contributed by atoms with Gasteiger partial charge in [-0.05, 0) is 42.9 Å². The molecular weight excluding hydrogens is 336 g/mol. The number of hydrogen-bond donors (Lipinski definition) is 2. The number of nitrogens with one attached hydrogen (secondary N) is 2. The molecule has 1 aromatic rings. The lowest BCUT2D eigenvalue weighted by molar-refractivity contribution is -0.137. The lowest BCUT2D eigenvalue weighted by Crippen LogP contribution is -2.45. The summed E-state index contributed by atoms with van der Waals surface area (Å²) in [6.07, 6.45) is 3.09. The van der Waals surface area contributed by atoms with Crippen LogP contribution in [0.5, 0.6) is 0 Å². The molecule has 0 saturated carbocycles. The first kappa shape index (κ1) is 16.6. The highest BCUT2D eigenvalue weighted by molar-refractivity contribution is 6.10. The van der Waals surface area contributed by atoms with Crippen molar-refractivity contribution in [1.29, 1.82) is 0 Å². The zero-order chi connectivity index (χ0) is 18.5. The lowest BCUT2D eigenvalue weighted by Gasteiger charge is -2.23. The molecule has 26 heavy (non-hydrogen) atoms. The average molecular weight is 356 g/mol. The second-order valence-electron chi connectivity index (χ2n) is 7.06. The van der Waals surface area contributed by atoms with Crippen molar-refractivity contribution < 1.29 is 19.2 Å². The molecule has 8 nitrogen and oxygen atoms in total. The SMILES string of the molecule is C[C@@]1(c2ccc3c(c2)CCC3)NC(=O)N(CC(=O)N2CCNC2=O)C1=O. The molecule has 136 valence electrons. The van der Waals surface area contributed by atoms with Gasteiger partial charge in [-0.1, -0.05) is 18.2 Å². The second kappa shape index (κ2) is 5.82. The van der Waals surface area contributed by atoms with Crippen molar-refractivity contribution in [3.05, 3.63) is 34.9 Å². The van der Waals surface area contributed by atoms with E-state index in [1.807, 2.05) is 18.2 Å². The third-order valence-corrected chi connectivity index (χ3v) is 5.40. The summed E-state index contributed by atoms with van der Waals surface area (Å²) in [6.45, 7) is 1.82. The molecule has 6 amide bonds. The number of carbonyl (C=O) groups is 4. The topological polar surface area (TPSA) is 98.8 Å². The smallest absolute Gasteiger partial charge is 0.325 e. The molecule has 4 rings (SSSR count). The standard InChI is InChI=1S/C18H20N4O4/c1-18(13-6-5-11-3-2-4-12(11)9-13)15(24)22(17(26)20-18)10-14(23)21-8-7-19-16(21)25/h5-6,9H,2-4,7-8,10H2,1H3,(H,19,25)(H,20,26)/t18-/m0/s1. The van der Waals surface area contributed by atoms with Crippen molar-refractivity contribution in [1.82, 2.24) is 20.4 Å². The summed E-state index contributed by atoms with van der Waals surface area (Å²) in [7, 11) is 0. The number of hydrogen-bond acceptors (Lipinski definition) is 4. The number of carbonyl (C=O) groups excluding carboxylic acids is 4. The molecule has 1 aliphatic carbocycles. The number of nitrogens with zero attached hydrogens (tertiary/aromatic N) is 2. The van der Waals surface area contributed by atoms with E-state index >= 15 is 0 Å². The fourth-order valence-electron chi connectivity index (χ4n) is 3.85. The van der Waals surface area contributed by atoms with E-state index in [2.05, 4.69) is 10.6 Å². The van der Waals surface area contributed by atoms with Crippen molar-refractivity contribution in [2.45, 2.75) is 31.7 Å². The Morgan fingerprint density at radius 3 is 2.65 bits per heavy atom. The van der Waals surface area contributed by atoms with Crippen LogP contribution in [0.4, 0.5) is 9.59 Å². The van der Waals surface area contributed by atoms with Crippen LogP contribution in [-0.2, 0) is 28.0 Å². The monoisotopic (exact) mass is 356 g/mol. The zero-order valence-corrected chi connectivity index (χ0v) is 14.5. The van der Waals surface area contributed by atoms with Gasteiger partial charge in [0.25, 0.3) is 11.8 Å². The van der Waals surface area contributed by atoms with Crippen LogP contribution in [0.1, 0.15) is 30.0 Å². The third kappa shape index (κ3) is 2.44. The maximum Gasteiger partial charge on any atom is 0.325 e. The Morgan fingerprint density at radius 1 is 1.15 bits per heavy atom. The molecule has 1 aromatic carbocycles. The minimum Gasteiger partial charge on any atom is -0.336 e. The molecule has 2 heterocycles. The number of fused-ring (bicyclic) bond motifs is 1. The molecule has 0 unspecified atom stereocenters. The van der Waals surface area contributed by atoms with Crippen LogP contribution in [0.25, 0.3) is 0 Å². The Labute approximate surface area is 150 Å². The Hall–Kier alpha value is -2.90. The molecule has 0 radical (unpaired) electrons. The van der Waals surface area contributed by atoms with Gasteiger partial charge in [0.15, 0.2) is 0 Å². The lowest BCUT2D eigenvalue weighted by atomic mass is 9.89. The summed E-state index contributed by atoms with van der Waals surface area (Å²) in [5.41, 5.74) is 1.99. The van der Waals surface area contributed by atoms with Crippen LogP contribution < -0.4 is 10.6 Å². The van der Waals surface area contributed by atoms with Crippen LogP contribution in [-0.4, -0.2) is 53.3 Å². The van der Waals surface area contributed by atoms with Gasteiger partial charge in [-0.2, -0.15) is 0 Å². The molecule has 2 fully saturated rings. The number of urea groups is 2. The first-order chi connectivity index (χ1) is 12.4. The van der Waals surface area contributed by atoms with Crippen LogP contribution >= 0.6 is 0 Å². The van der Waals surface area contributed by atoms with Crippen molar-refractivity contribution >= 4 is 23.9 Å². The number of imide groups is 2. The summed E-state index contributed by atoms with van der Waals surface area (Å²) in [4.78, 5) is 51.1. The average Bonchev–Trinajstić information content (AvgIpc) is 3.30. The van der Waals surface area contributed by atoms with E-state index in [1.165, 1.54) is 11.1 Å². The van der Waals surface area contributed by atoms with Gasteiger partial charge >= 0.3 is 12.1 Å². The minimum atomic E-state index is -1.21. The third-order valence-electron chi connectivity index (χ3n) is 5.40. The fourth-order valence-corrected chi connectivity index (χ4v) is 3.85. The van der Waals surface area contributed by atoms with E-state index in [0.717, 1.165) is 29.1 Å². The molecular formula is C18H20N4O4. The van der Waals surface area contributed by atoms with Gasteiger partial charge in [0.2, 0.25) is 0 Å². The van der Waals surface area contributed by atoms with E-state index < -0.39 is 36.0 Å². The second-order valence-corrected chi connectivity index (χ2v) is 7.06. The highest BCUT2D eigenvalue weighted by Gasteiger charge is 2.50. The summed E-state index contributed by atoms with van der Waals surface area (Å²) < 4.78 is 0. The van der Waals surface area contributed by atoms with Gasteiger partial charge in [0.1, 0.15) is 12.1 Å². The van der Waals surface area contributed by atoms with E-state index in [-0.39, 0.29) is 6.54 Å². The first-order valence-corrected chi connectivity index (χ1v) is 8.75. The van der Waals surface area contributed by atoms with Crippen molar-refractivity contribution in [2.24, 2.45) is 0 Å². The van der Waals surface area contributed by atoms with Gasteiger partial charge in [0, 0.05) is 13.1 Å². The Kier molecular flexibility index (Phi) is 3.71. The predicted octanol–water partition coefficient (Wildman–Crippen LogP) is 0.494. The summed E-state index contributed by atoms with van der Waals surface area (Å²) >= 11 is 0. The van der Waals surface area contributed by atoms with Gasteiger partial charge in [-0.3, -0.25) is 19.4 Å². The normalized spacial score (nSPS) is 24.7. The van der Waals surface area contributed by atoms with Gasteiger partial charge in [-0.15, -0.1) is 0 Å². The Bertz CT molecular complexity index is 836. The number of benzene rings is 1. The number of amides is 6. The number of aryl methyl sites for hydroxylation is 2. The fraction of sp³-hybridized carbons (Fsp3) is 0.444. The Balaban J connectivity index is 1.56. The van der Waals surface area contributed by atoms with Crippen molar-refractivity contribution in [3.8, 4) is 0 Å². The minimum absolute atomic E-state index is 0.239. The molecule has 2 saturated heterocycles. The maximum absolute atomic E-state index is 12.9. The molecule has 1 atom stereocenters. The van der Waals surface area contributed by atoms with Crippen LogP contribution in [0.15, 0.2) is 18.2 Å². The molecule has 0 bridgehead atoms. The van der Waals surface area contributed by atoms with E-state index in [9.17, 15) is 19.2 Å². The maximum atomic E-state index is 12.9. The van der Waals surface area contributed by atoms with Crippen molar-refractivity contribution in [3.63, 3.8) is 0 Å². The summed E-state index contributed by atoms with van der Waals surface area (Å²) in [5.74, 6) is -1.05. The van der Waals surface area contributed by atoms with E-state index in [1.54, 1.807) is 6.92 Å². The zero-order valence-electron chi connectivity index (χ0n) is 14.5. The highest BCUT2D eigenvalue weighted by Crippen LogP contribution is 2.32. The van der Waals surface area contributed by atoms with E-state index in [4.69, 9.17) is 0 Å². The quantitative estimate of drug-likeness (QED) is 0.770. The van der Waals surface area contributed by atoms with Gasteiger partial charge in [-0.25, -0.2) is 9.59 Å². The first-order valence-electron chi connectivity index (χ1n) is 8.75. The van der Waals surface area contributed by atoms with Crippen molar-refractivity contribution in [2.75, 3.05) is 19.6 Å². The van der Waals surface area contributed by atoms with Crippen LogP contribution in [0, 0.1) is 0 Å². The predicted molar refractivity (Wildman–Crippen MR) is 91.2 cm³/mol. The van der Waals surface area contributed by atoms with Gasteiger partial charge in [0.05, 0.1) is 0 Å². The molecule has 0 spiro atoms. The molecule has 3 aliphatic rings. The molecule has 0 aromatic heterocycles. The molecule has 2 N–H and O–H groups in total. The molecule has 8 heteroatoms.